The summed E-state index contributed by atoms with van der Waals surface area (Å²) < 4.78 is 11.9. The highest BCUT2D eigenvalue weighted by Crippen LogP contribution is 2.27. The lowest BCUT2D eigenvalue weighted by molar-refractivity contribution is -0.140. The first kappa shape index (κ1) is 19.7. The minimum absolute atomic E-state index is 0.00295. The van der Waals surface area contributed by atoms with E-state index in [1.54, 1.807) is 51.5 Å². The lowest BCUT2D eigenvalue weighted by atomic mass is 10.2. The van der Waals surface area contributed by atoms with Crippen molar-refractivity contribution in [2.24, 2.45) is 0 Å². The number of pyridine rings is 1. The molecule has 0 bridgehead atoms. The van der Waals surface area contributed by atoms with E-state index in [0.717, 1.165) is 0 Å². The van der Waals surface area contributed by atoms with Gasteiger partial charge in [-0.2, -0.15) is 5.10 Å². The molecule has 0 saturated carbocycles. The van der Waals surface area contributed by atoms with Crippen LogP contribution in [0.2, 0.25) is 5.15 Å². The Bertz CT molecular complexity index is 771. The Kier molecular flexibility index (Phi) is 6.20. The Morgan fingerprint density at radius 1 is 1.35 bits per heavy atom. The fourth-order valence-electron chi connectivity index (χ4n) is 2.05. The molecule has 9 heteroatoms. The van der Waals surface area contributed by atoms with E-state index in [0.29, 0.717) is 11.4 Å². The Hall–Kier alpha value is -2.61. The number of aromatic nitrogens is 3. The van der Waals surface area contributed by atoms with Crippen LogP contribution < -0.4 is 4.90 Å². The first-order valence-electron chi connectivity index (χ1n) is 7.97. The van der Waals surface area contributed by atoms with Gasteiger partial charge in [-0.05, 0) is 32.9 Å². The summed E-state index contributed by atoms with van der Waals surface area (Å²) in [6.07, 6.45) is 4.24. The number of amides is 1. The molecule has 0 aliphatic heterocycles. The maximum atomic E-state index is 12.6. The minimum Gasteiger partial charge on any atom is -0.464 e. The first-order valence-corrected chi connectivity index (χ1v) is 8.34. The van der Waals surface area contributed by atoms with E-state index in [4.69, 9.17) is 21.1 Å². The van der Waals surface area contributed by atoms with Crippen LogP contribution in [0.15, 0.2) is 30.7 Å². The van der Waals surface area contributed by atoms with Gasteiger partial charge in [-0.3, -0.25) is 14.7 Å². The second-order valence-corrected chi connectivity index (χ2v) is 6.79. The van der Waals surface area contributed by atoms with Gasteiger partial charge in [-0.15, -0.1) is 0 Å². The summed E-state index contributed by atoms with van der Waals surface area (Å²) in [5, 5.41) is 4.32. The minimum atomic E-state index is -0.692. The lowest BCUT2D eigenvalue weighted by Gasteiger charge is -2.26. The van der Waals surface area contributed by atoms with E-state index in [-0.39, 0.29) is 18.3 Å². The molecule has 8 nitrogen and oxygen atoms in total. The van der Waals surface area contributed by atoms with Gasteiger partial charge in [0.15, 0.2) is 5.15 Å². The quantitative estimate of drug-likeness (QED) is 0.740. The largest absolute Gasteiger partial charge is 0.464 e. The third kappa shape index (κ3) is 5.45. The molecule has 2 rings (SSSR count). The molecule has 2 heterocycles. The molecule has 0 aromatic carbocycles. The average molecular weight is 381 g/mol. The summed E-state index contributed by atoms with van der Waals surface area (Å²) in [6.45, 7) is 6.66. The van der Waals surface area contributed by atoms with E-state index in [9.17, 15) is 9.59 Å². The maximum absolute atomic E-state index is 12.6. The number of carbonyl (C=O) groups is 2. The van der Waals surface area contributed by atoms with Gasteiger partial charge in [0.2, 0.25) is 0 Å². The SMILES string of the molecule is CC(=O)OCCN(C(=O)OC(C)(C)C)c1cn(-c2cccnc2)nc1Cl. The van der Waals surface area contributed by atoms with Crippen LogP contribution in [0, 0.1) is 0 Å². The highest BCUT2D eigenvalue weighted by Gasteiger charge is 2.27. The van der Waals surface area contributed by atoms with Crippen molar-refractivity contribution in [2.75, 3.05) is 18.1 Å². The Morgan fingerprint density at radius 3 is 2.65 bits per heavy atom. The molecule has 26 heavy (non-hydrogen) atoms. The van der Waals surface area contributed by atoms with Gasteiger partial charge in [0.25, 0.3) is 0 Å². The van der Waals surface area contributed by atoms with Gasteiger partial charge >= 0.3 is 12.1 Å². The van der Waals surface area contributed by atoms with Crippen LogP contribution in [0.3, 0.4) is 0 Å². The van der Waals surface area contributed by atoms with Gasteiger partial charge in [-0.1, -0.05) is 11.6 Å². The zero-order chi connectivity index (χ0) is 19.3. The molecule has 0 radical (unpaired) electrons. The smallest absolute Gasteiger partial charge is 0.415 e. The Balaban J connectivity index is 2.30. The number of nitrogens with zero attached hydrogens (tertiary/aromatic N) is 4. The number of carbonyl (C=O) groups excluding carboxylic acids is 2. The summed E-state index contributed by atoms with van der Waals surface area (Å²) in [4.78, 5) is 28.9. The van der Waals surface area contributed by atoms with Crippen molar-refractivity contribution in [1.29, 1.82) is 0 Å². The van der Waals surface area contributed by atoms with Gasteiger partial charge in [0, 0.05) is 13.1 Å². The molecule has 0 aliphatic rings. The fourth-order valence-corrected chi connectivity index (χ4v) is 2.29. The number of hydrogen-bond acceptors (Lipinski definition) is 6. The standard InChI is InChI=1S/C17H21ClN4O4/c1-12(23)25-9-8-21(16(24)26-17(2,3)4)14-11-22(20-15(14)18)13-6-5-7-19-10-13/h5-7,10-11H,8-9H2,1-4H3. The van der Waals surface area contributed by atoms with E-state index in [2.05, 4.69) is 10.1 Å². The van der Waals surface area contributed by atoms with Crippen LogP contribution in [-0.2, 0) is 14.3 Å². The number of esters is 1. The van der Waals surface area contributed by atoms with Crippen LogP contribution >= 0.6 is 11.6 Å². The Morgan fingerprint density at radius 2 is 2.08 bits per heavy atom. The van der Waals surface area contributed by atoms with Gasteiger partial charge < -0.3 is 9.47 Å². The second-order valence-electron chi connectivity index (χ2n) is 6.43. The lowest BCUT2D eigenvalue weighted by Crippen LogP contribution is -2.39. The number of rotatable bonds is 5. The zero-order valence-corrected chi connectivity index (χ0v) is 15.9. The summed E-state index contributed by atoms with van der Waals surface area (Å²) in [5.41, 5.74) is 0.337. The number of ether oxygens (including phenoxy) is 2. The van der Waals surface area contributed by atoms with Crippen LogP contribution in [-0.4, -0.2) is 45.6 Å². The van der Waals surface area contributed by atoms with E-state index < -0.39 is 17.7 Å². The summed E-state index contributed by atoms with van der Waals surface area (Å²) in [6, 6.07) is 3.56. The van der Waals surface area contributed by atoms with E-state index >= 15 is 0 Å². The average Bonchev–Trinajstić information content (AvgIpc) is 2.92. The van der Waals surface area contributed by atoms with Crippen molar-refractivity contribution in [3.8, 4) is 5.69 Å². The van der Waals surface area contributed by atoms with Crippen molar-refractivity contribution < 1.29 is 19.1 Å². The maximum Gasteiger partial charge on any atom is 0.415 e. The fraction of sp³-hybridized carbons (Fsp3) is 0.412. The van der Waals surface area contributed by atoms with E-state index in [1.165, 1.54) is 16.5 Å². The van der Waals surface area contributed by atoms with Gasteiger partial charge in [0.1, 0.15) is 17.9 Å². The van der Waals surface area contributed by atoms with Crippen molar-refractivity contribution in [1.82, 2.24) is 14.8 Å². The second kappa shape index (κ2) is 8.18. The molecule has 0 atom stereocenters. The molecule has 0 N–H and O–H groups in total. The number of hydrogen-bond donors (Lipinski definition) is 0. The number of anilines is 1. The highest BCUT2D eigenvalue weighted by molar-refractivity contribution is 6.32. The predicted molar refractivity (Wildman–Crippen MR) is 96.6 cm³/mol. The molecule has 0 aliphatic carbocycles. The molecule has 0 fully saturated rings. The van der Waals surface area contributed by atoms with Gasteiger partial charge in [-0.25, -0.2) is 9.48 Å². The van der Waals surface area contributed by atoms with E-state index in [1.807, 2.05) is 0 Å². The molecule has 0 unspecified atom stereocenters. The molecular weight excluding hydrogens is 360 g/mol. The Labute approximate surface area is 156 Å². The highest BCUT2D eigenvalue weighted by atomic mass is 35.5. The zero-order valence-electron chi connectivity index (χ0n) is 15.1. The molecule has 2 aromatic heterocycles. The van der Waals surface area contributed by atoms with Crippen LogP contribution in [0.1, 0.15) is 27.7 Å². The van der Waals surface area contributed by atoms with Crippen LogP contribution in [0.5, 0.6) is 0 Å². The normalized spacial score (nSPS) is 11.1. The molecule has 140 valence electrons. The predicted octanol–water partition coefficient (Wildman–Crippen LogP) is 3.23. The summed E-state index contributed by atoms with van der Waals surface area (Å²) >= 11 is 6.24. The van der Waals surface area contributed by atoms with Crippen molar-refractivity contribution >= 4 is 29.4 Å². The van der Waals surface area contributed by atoms with Crippen molar-refractivity contribution in [3.63, 3.8) is 0 Å². The molecular formula is C17H21ClN4O4. The first-order chi connectivity index (χ1) is 12.2. The molecule has 0 saturated heterocycles. The third-order valence-electron chi connectivity index (χ3n) is 3.09. The van der Waals surface area contributed by atoms with Crippen LogP contribution in [0.4, 0.5) is 10.5 Å². The number of halogens is 1. The monoisotopic (exact) mass is 380 g/mol. The summed E-state index contributed by atoms with van der Waals surface area (Å²) in [7, 11) is 0. The topological polar surface area (TPSA) is 86.5 Å². The summed E-state index contributed by atoms with van der Waals surface area (Å²) in [5.74, 6) is -0.439. The third-order valence-corrected chi connectivity index (χ3v) is 3.36. The van der Waals surface area contributed by atoms with Crippen LogP contribution in [0.25, 0.3) is 5.69 Å². The van der Waals surface area contributed by atoms with Gasteiger partial charge in [0.05, 0.1) is 24.6 Å². The van der Waals surface area contributed by atoms with Crippen molar-refractivity contribution in [2.45, 2.75) is 33.3 Å². The van der Waals surface area contributed by atoms with Crippen molar-refractivity contribution in [3.05, 3.63) is 35.9 Å². The molecule has 0 spiro atoms. The molecule has 2 aromatic rings. The molecule has 1 amide bonds.